The highest BCUT2D eigenvalue weighted by molar-refractivity contribution is 5.83. The van der Waals surface area contributed by atoms with Crippen molar-refractivity contribution < 1.29 is 9.53 Å². The quantitative estimate of drug-likeness (QED) is 0.864. The summed E-state index contributed by atoms with van der Waals surface area (Å²) in [6.45, 7) is 6.08. The topological polar surface area (TPSA) is 70.2 Å². The van der Waals surface area contributed by atoms with Gasteiger partial charge in [-0.05, 0) is 25.7 Å². The molecule has 0 bridgehead atoms. The van der Waals surface area contributed by atoms with Crippen LogP contribution >= 0.6 is 0 Å². The van der Waals surface area contributed by atoms with Gasteiger partial charge in [-0.1, -0.05) is 0 Å². The number of likely N-dealkylation sites (N-methyl/N-ethyl adjacent to an activating group) is 1. The highest BCUT2D eigenvalue weighted by Crippen LogP contribution is 2.23. The molecule has 0 radical (unpaired) electrons. The summed E-state index contributed by atoms with van der Waals surface area (Å²) in [5, 5.41) is 3.31. The second-order valence-electron chi connectivity index (χ2n) is 5.84. The zero-order valence-corrected chi connectivity index (χ0v) is 12.6. The van der Waals surface area contributed by atoms with Crippen LogP contribution in [0.4, 0.5) is 0 Å². The highest BCUT2D eigenvalue weighted by Gasteiger charge is 2.32. The van der Waals surface area contributed by atoms with E-state index in [2.05, 4.69) is 15.3 Å². The molecule has 1 atom stereocenters. The lowest BCUT2D eigenvalue weighted by molar-refractivity contribution is -0.134. The van der Waals surface area contributed by atoms with Gasteiger partial charge in [0.25, 0.3) is 0 Å². The molecule has 0 spiro atoms. The number of imidazole rings is 1. The van der Waals surface area contributed by atoms with Gasteiger partial charge in [0.15, 0.2) is 0 Å². The number of rotatable bonds is 4. The minimum Gasteiger partial charge on any atom is -0.381 e. The molecule has 2 aliphatic heterocycles. The van der Waals surface area contributed by atoms with E-state index in [1.165, 1.54) is 0 Å². The molecule has 21 heavy (non-hydrogen) atoms. The van der Waals surface area contributed by atoms with Crippen molar-refractivity contribution in [3.05, 3.63) is 17.7 Å². The number of aromatic amines is 1. The van der Waals surface area contributed by atoms with Gasteiger partial charge in [-0.15, -0.1) is 0 Å². The molecule has 6 heteroatoms. The summed E-state index contributed by atoms with van der Waals surface area (Å²) in [7, 11) is 0. The predicted octanol–water partition coefficient (Wildman–Crippen LogP) is 0.872. The third-order valence-corrected chi connectivity index (χ3v) is 4.51. The molecule has 3 heterocycles. The second-order valence-corrected chi connectivity index (χ2v) is 5.84. The van der Waals surface area contributed by atoms with Gasteiger partial charge in [-0.3, -0.25) is 4.79 Å². The lowest BCUT2D eigenvalue weighted by atomic mass is 9.98. The number of fused-ring (bicyclic) bond motifs is 1. The first-order valence-corrected chi connectivity index (χ1v) is 7.91. The number of carbonyl (C=O) groups excluding carboxylic acids is 1. The average Bonchev–Trinajstić information content (AvgIpc) is 3.01. The number of carbonyl (C=O) groups is 1. The van der Waals surface area contributed by atoms with Gasteiger partial charge in [0.05, 0.1) is 12.0 Å². The second kappa shape index (κ2) is 6.58. The first-order valence-electron chi connectivity index (χ1n) is 7.91. The molecule has 1 fully saturated rings. The van der Waals surface area contributed by atoms with E-state index < -0.39 is 0 Å². The third kappa shape index (κ3) is 3.11. The molecule has 1 aromatic heterocycles. The normalized spacial score (nSPS) is 22.8. The summed E-state index contributed by atoms with van der Waals surface area (Å²) >= 11 is 0. The van der Waals surface area contributed by atoms with Gasteiger partial charge in [0, 0.05) is 45.0 Å². The van der Waals surface area contributed by atoms with E-state index in [-0.39, 0.29) is 11.9 Å². The minimum absolute atomic E-state index is 0.150. The first kappa shape index (κ1) is 14.5. The van der Waals surface area contributed by atoms with Crippen molar-refractivity contribution in [3.63, 3.8) is 0 Å². The fraction of sp³-hybridized carbons (Fsp3) is 0.733. The van der Waals surface area contributed by atoms with Crippen LogP contribution in [0.5, 0.6) is 0 Å². The van der Waals surface area contributed by atoms with E-state index >= 15 is 0 Å². The maximum Gasteiger partial charge on any atom is 0.246 e. The summed E-state index contributed by atoms with van der Waals surface area (Å²) in [5.74, 6) is 0.710. The van der Waals surface area contributed by atoms with E-state index in [0.717, 1.165) is 63.5 Å². The SMILES string of the molecule is CCN(CC1CCOCC1)C(=O)[C@@H]1NCCc2[nH]cnc21. The van der Waals surface area contributed by atoms with E-state index in [0.29, 0.717) is 5.92 Å². The monoisotopic (exact) mass is 292 g/mol. The van der Waals surface area contributed by atoms with Crippen LogP contribution in [0.15, 0.2) is 6.33 Å². The summed E-state index contributed by atoms with van der Waals surface area (Å²) in [4.78, 5) is 22.3. The van der Waals surface area contributed by atoms with Crippen LogP contribution in [0.3, 0.4) is 0 Å². The van der Waals surface area contributed by atoms with Crippen LogP contribution in [0.2, 0.25) is 0 Å². The average molecular weight is 292 g/mol. The summed E-state index contributed by atoms with van der Waals surface area (Å²) < 4.78 is 5.40. The molecule has 0 aliphatic carbocycles. The Balaban J connectivity index is 1.68. The van der Waals surface area contributed by atoms with Crippen LogP contribution in [0.25, 0.3) is 0 Å². The molecule has 6 nitrogen and oxygen atoms in total. The molecule has 1 amide bonds. The maximum absolute atomic E-state index is 12.8. The number of amides is 1. The molecular weight excluding hydrogens is 268 g/mol. The molecule has 1 saturated heterocycles. The van der Waals surface area contributed by atoms with Crippen LogP contribution in [-0.4, -0.2) is 53.6 Å². The number of H-pyrrole nitrogens is 1. The molecule has 116 valence electrons. The van der Waals surface area contributed by atoms with E-state index in [9.17, 15) is 4.79 Å². The number of hydrogen-bond donors (Lipinski definition) is 2. The van der Waals surface area contributed by atoms with Crippen molar-refractivity contribution in [2.24, 2.45) is 5.92 Å². The van der Waals surface area contributed by atoms with Crippen molar-refractivity contribution in [2.75, 3.05) is 32.8 Å². The Kier molecular flexibility index (Phi) is 4.55. The van der Waals surface area contributed by atoms with Gasteiger partial charge in [0.1, 0.15) is 6.04 Å². The van der Waals surface area contributed by atoms with Crippen molar-refractivity contribution >= 4 is 5.91 Å². The Morgan fingerprint density at radius 1 is 1.48 bits per heavy atom. The molecular formula is C15H24N4O2. The Morgan fingerprint density at radius 2 is 2.29 bits per heavy atom. The van der Waals surface area contributed by atoms with Crippen LogP contribution < -0.4 is 5.32 Å². The standard InChI is InChI=1S/C15H24N4O2/c1-2-19(9-11-4-7-21-8-5-11)15(20)14-13-12(3-6-16-14)17-10-18-13/h10-11,14,16H,2-9H2,1H3,(H,17,18)/t14-/m1/s1. The maximum atomic E-state index is 12.8. The lowest BCUT2D eigenvalue weighted by Gasteiger charge is -2.32. The summed E-state index contributed by atoms with van der Waals surface area (Å²) in [6.07, 6.45) is 4.70. The predicted molar refractivity (Wildman–Crippen MR) is 78.8 cm³/mol. The fourth-order valence-electron chi connectivity index (χ4n) is 3.22. The Bertz CT molecular complexity index is 482. The fourth-order valence-corrected chi connectivity index (χ4v) is 3.22. The van der Waals surface area contributed by atoms with Gasteiger partial charge in [-0.25, -0.2) is 4.98 Å². The molecule has 1 aromatic rings. The van der Waals surface area contributed by atoms with Crippen LogP contribution in [0, 0.1) is 5.92 Å². The largest absolute Gasteiger partial charge is 0.381 e. The van der Waals surface area contributed by atoms with Gasteiger partial charge < -0.3 is 19.9 Å². The summed E-state index contributed by atoms with van der Waals surface area (Å²) in [5.41, 5.74) is 1.96. The van der Waals surface area contributed by atoms with Crippen molar-refractivity contribution in [2.45, 2.75) is 32.2 Å². The van der Waals surface area contributed by atoms with Crippen molar-refractivity contribution in [3.8, 4) is 0 Å². The molecule has 0 saturated carbocycles. The van der Waals surface area contributed by atoms with E-state index in [4.69, 9.17) is 4.74 Å². The van der Waals surface area contributed by atoms with Crippen LogP contribution in [0.1, 0.15) is 37.2 Å². The Labute approximate surface area is 125 Å². The molecule has 0 aromatic carbocycles. The minimum atomic E-state index is -0.292. The zero-order chi connectivity index (χ0) is 14.7. The van der Waals surface area contributed by atoms with Gasteiger partial charge >= 0.3 is 0 Å². The van der Waals surface area contributed by atoms with E-state index in [1.54, 1.807) is 6.33 Å². The number of nitrogens with one attached hydrogen (secondary N) is 2. The highest BCUT2D eigenvalue weighted by atomic mass is 16.5. The molecule has 0 unspecified atom stereocenters. The van der Waals surface area contributed by atoms with E-state index in [1.807, 2.05) is 11.8 Å². The van der Waals surface area contributed by atoms with Crippen molar-refractivity contribution in [1.29, 1.82) is 0 Å². The number of aromatic nitrogens is 2. The van der Waals surface area contributed by atoms with Gasteiger partial charge in [0.2, 0.25) is 5.91 Å². The van der Waals surface area contributed by atoms with Gasteiger partial charge in [-0.2, -0.15) is 0 Å². The third-order valence-electron chi connectivity index (χ3n) is 4.51. The number of hydrogen-bond acceptors (Lipinski definition) is 4. The lowest BCUT2D eigenvalue weighted by Crippen LogP contribution is -2.46. The van der Waals surface area contributed by atoms with Crippen molar-refractivity contribution in [1.82, 2.24) is 20.2 Å². The molecule has 2 N–H and O–H groups in total. The Hall–Kier alpha value is -1.40. The zero-order valence-electron chi connectivity index (χ0n) is 12.6. The molecule has 2 aliphatic rings. The van der Waals surface area contributed by atoms with Crippen LogP contribution in [-0.2, 0) is 16.0 Å². The summed E-state index contributed by atoms with van der Waals surface area (Å²) in [6, 6.07) is -0.292. The smallest absolute Gasteiger partial charge is 0.246 e. The number of nitrogens with zero attached hydrogens (tertiary/aromatic N) is 2. The molecule has 3 rings (SSSR count). The Morgan fingerprint density at radius 3 is 3.05 bits per heavy atom. The first-order chi connectivity index (χ1) is 10.3. The number of ether oxygens (including phenoxy) is 1.